The van der Waals surface area contributed by atoms with Gasteiger partial charge in [0.1, 0.15) is 0 Å². The van der Waals surface area contributed by atoms with Gasteiger partial charge in [-0.2, -0.15) is 0 Å². The average molecular weight is 410 g/mol. The number of hydrogen-bond acceptors (Lipinski definition) is 4. The van der Waals surface area contributed by atoms with Crippen molar-refractivity contribution in [3.8, 4) is 0 Å². The van der Waals surface area contributed by atoms with E-state index in [1.807, 2.05) is 0 Å². The summed E-state index contributed by atoms with van der Waals surface area (Å²) in [7, 11) is -4.49. The lowest BCUT2D eigenvalue weighted by Crippen LogP contribution is -2.47. The van der Waals surface area contributed by atoms with Crippen LogP contribution < -0.4 is 0 Å². The Morgan fingerprint density at radius 1 is 0.630 bits per heavy atom. The van der Waals surface area contributed by atoms with Crippen molar-refractivity contribution in [1.82, 2.24) is 0 Å². The van der Waals surface area contributed by atoms with E-state index in [4.69, 9.17) is 0 Å². The molecule has 0 N–H and O–H groups in total. The Balaban J connectivity index is 0. The molecule has 0 saturated carbocycles. The summed E-state index contributed by atoms with van der Waals surface area (Å²) in [5.74, 6) is 0. The van der Waals surface area contributed by atoms with E-state index in [1.54, 1.807) is 0 Å². The fraction of sp³-hybridized carbons (Fsp3) is 1.00. The van der Waals surface area contributed by atoms with Crippen LogP contribution in [0.4, 0.5) is 0 Å². The van der Waals surface area contributed by atoms with Gasteiger partial charge in [0.25, 0.3) is 0 Å². The lowest BCUT2D eigenvalue weighted by molar-refractivity contribution is -0.921. The van der Waals surface area contributed by atoms with Crippen molar-refractivity contribution in [2.24, 2.45) is 0 Å². The first-order valence-electron chi connectivity index (χ1n) is 11.3. The van der Waals surface area contributed by atoms with Gasteiger partial charge in [0, 0.05) is 0 Å². The minimum Gasteiger partial charge on any atom is -0.726 e. The van der Waals surface area contributed by atoms with Crippen molar-refractivity contribution in [2.45, 2.75) is 105 Å². The highest BCUT2D eigenvalue weighted by atomic mass is 32.3. The highest BCUT2D eigenvalue weighted by molar-refractivity contribution is 7.80. The first-order chi connectivity index (χ1) is 12.8. The fourth-order valence-electron chi connectivity index (χ4n) is 3.27. The van der Waals surface area contributed by atoms with Crippen LogP contribution in [0.2, 0.25) is 0 Å². The zero-order valence-corrected chi connectivity index (χ0v) is 19.6. The molecule has 0 heterocycles. The molecule has 0 fully saturated rings. The van der Waals surface area contributed by atoms with Gasteiger partial charge in [-0.25, -0.2) is 8.42 Å². The van der Waals surface area contributed by atoms with Gasteiger partial charge in [-0.3, -0.25) is 4.18 Å². The highest BCUT2D eigenvalue weighted by Crippen LogP contribution is 2.11. The SMILES string of the molecule is CCCCCCCCCCCCCOS(=O)(=O)[O-].CC[N+](CC)(CC)CC. The summed E-state index contributed by atoms with van der Waals surface area (Å²) in [6.45, 7) is 16.5. The Morgan fingerprint density at radius 2 is 0.963 bits per heavy atom. The number of hydrogen-bond donors (Lipinski definition) is 0. The van der Waals surface area contributed by atoms with Crippen LogP contribution in [0.1, 0.15) is 105 Å². The molecule has 0 aromatic carbocycles. The summed E-state index contributed by atoms with van der Waals surface area (Å²) in [5, 5.41) is 0. The van der Waals surface area contributed by atoms with Crippen LogP contribution in [0, 0.1) is 0 Å². The van der Waals surface area contributed by atoms with Crippen molar-refractivity contribution in [1.29, 1.82) is 0 Å². The Labute approximate surface area is 170 Å². The topological polar surface area (TPSA) is 66.4 Å². The molecular weight excluding hydrogens is 362 g/mol. The van der Waals surface area contributed by atoms with E-state index in [0.717, 1.165) is 12.8 Å². The van der Waals surface area contributed by atoms with Crippen LogP contribution in [0.25, 0.3) is 0 Å². The smallest absolute Gasteiger partial charge is 0.217 e. The predicted molar refractivity (Wildman–Crippen MR) is 115 cm³/mol. The fourth-order valence-corrected chi connectivity index (χ4v) is 3.59. The van der Waals surface area contributed by atoms with Gasteiger partial charge in [-0.05, 0) is 34.1 Å². The molecule has 27 heavy (non-hydrogen) atoms. The van der Waals surface area contributed by atoms with Gasteiger partial charge in [0.2, 0.25) is 10.4 Å². The average Bonchev–Trinajstić information content (AvgIpc) is 2.65. The molecule has 0 rings (SSSR count). The largest absolute Gasteiger partial charge is 0.726 e. The zero-order valence-electron chi connectivity index (χ0n) is 18.8. The summed E-state index contributed by atoms with van der Waals surface area (Å²) >= 11 is 0. The highest BCUT2D eigenvalue weighted by Gasteiger charge is 2.16. The van der Waals surface area contributed by atoms with Crippen molar-refractivity contribution >= 4 is 10.4 Å². The molecule has 166 valence electrons. The molecule has 5 nitrogen and oxygen atoms in total. The van der Waals surface area contributed by atoms with Crippen LogP contribution in [0.5, 0.6) is 0 Å². The maximum Gasteiger partial charge on any atom is 0.217 e. The van der Waals surface area contributed by atoms with Crippen molar-refractivity contribution in [3.63, 3.8) is 0 Å². The quantitative estimate of drug-likeness (QED) is 0.135. The van der Waals surface area contributed by atoms with Gasteiger partial charge in [-0.15, -0.1) is 0 Å². The summed E-state index contributed by atoms with van der Waals surface area (Å²) in [6.07, 6.45) is 13.1. The monoisotopic (exact) mass is 409 g/mol. The molecule has 0 spiro atoms. The first-order valence-corrected chi connectivity index (χ1v) is 12.6. The Kier molecular flexibility index (Phi) is 20.6. The van der Waals surface area contributed by atoms with E-state index >= 15 is 0 Å². The number of rotatable bonds is 17. The summed E-state index contributed by atoms with van der Waals surface area (Å²) in [4.78, 5) is 0. The van der Waals surface area contributed by atoms with Gasteiger partial charge in [0.15, 0.2) is 0 Å². The third-order valence-corrected chi connectivity index (χ3v) is 6.11. The number of unbranched alkanes of at least 4 members (excludes halogenated alkanes) is 10. The Bertz CT molecular complexity index is 377. The Morgan fingerprint density at radius 3 is 1.22 bits per heavy atom. The van der Waals surface area contributed by atoms with Crippen molar-refractivity contribution < 1.29 is 21.6 Å². The maximum atomic E-state index is 10.1. The zero-order chi connectivity index (χ0) is 21.0. The summed E-state index contributed by atoms with van der Waals surface area (Å²) in [5.41, 5.74) is 0. The molecule has 0 aliphatic heterocycles. The normalized spacial score (nSPS) is 11.9. The van der Waals surface area contributed by atoms with Gasteiger partial charge < -0.3 is 9.04 Å². The lowest BCUT2D eigenvalue weighted by atomic mass is 10.1. The van der Waals surface area contributed by atoms with E-state index < -0.39 is 10.4 Å². The minimum absolute atomic E-state index is 0.0306. The second kappa shape index (κ2) is 19.2. The molecule has 0 aromatic rings. The van der Waals surface area contributed by atoms with Gasteiger partial charge in [0.05, 0.1) is 32.8 Å². The van der Waals surface area contributed by atoms with E-state index in [0.29, 0.717) is 6.42 Å². The maximum absolute atomic E-state index is 10.1. The number of nitrogens with zero attached hydrogens (tertiary/aromatic N) is 1. The van der Waals surface area contributed by atoms with E-state index in [9.17, 15) is 13.0 Å². The molecule has 0 aliphatic rings. The lowest BCUT2D eigenvalue weighted by Gasteiger charge is -2.34. The van der Waals surface area contributed by atoms with Gasteiger partial charge in [-0.1, -0.05) is 71.1 Å². The molecule has 0 amide bonds. The van der Waals surface area contributed by atoms with E-state index in [1.165, 1.54) is 82.0 Å². The van der Waals surface area contributed by atoms with Crippen LogP contribution in [0.3, 0.4) is 0 Å². The molecule has 0 radical (unpaired) electrons. The second-order valence-corrected chi connectivity index (χ2v) is 8.42. The van der Waals surface area contributed by atoms with Crippen LogP contribution in [-0.2, 0) is 14.6 Å². The van der Waals surface area contributed by atoms with Crippen LogP contribution in [-0.4, -0.2) is 50.2 Å². The molecule has 0 bridgehead atoms. The van der Waals surface area contributed by atoms with E-state index in [2.05, 4.69) is 38.8 Å². The summed E-state index contributed by atoms with van der Waals surface area (Å²) < 4.78 is 35.8. The minimum atomic E-state index is -4.49. The number of quaternary nitrogens is 1. The standard InChI is InChI=1S/C13H28O4S.C8H20N/c1-2-3-4-5-6-7-8-9-10-11-12-13-17-18(14,15)16;1-5-9(6-2,7-3)8-4/h2-13H2,1H3,(H,14,15,16);5-8H2,1-4H3/q;+1/p-1. The molecule has 0 aliphatic carbocycles. The molecule has 6 heteroatoms. The third kappa shape index (κ3) is 20.4. The molecule has 0 aromatic heterocycles. The third-order valence-electron chi connectivity index (χ3n) is 5.66. The molecule has 0 atom stereocenters. The molecule has 0 saturated heterocycles. The van der Waals surface area contributed by atoms with Gasteiger partial charge >= 0.3 is 0 Å². The molecular formula is C21H47NO4S. The second-order valence-electron chi connectivity index (χ2n) is 7.37. The summed E-state index contributed by atoms with van der Waals surface area (Å²) in [6, 6.07) is 0. The molecule has 0 unspecified atom stereocenters. The predicted octanol–water partition coefficient (Wildman–Crippen LogP) is 5.66. The van der Waals surface area contributed by atoms with Crippen LogP contribution in [0.15, 0.2) is 0 Å². The van der Waals surface area contributed by atoms with Crippen molar-refractivity contribution in [2.75, 3.05) is 32.8 Å². The van der Waals surface area contributed by atoms with Crippen molar-refractivity contribution in [3.05, 3.63) is 0 Å². The first kappa shape index (κ1) is 29.0. The Hall–Kier alpha value is -0.170. The van der Waals surface area contributed by atoms with Crippen LogP contribution >= 0.6 is 0 Å². The van der Waals surface area contributed by atoms with E-state index in [-0.39, 0.29) is 6.61 Å².